The van der Waals surface area contributed by atoms with Gasteiger partial charge in [0.25, 0.3) is 0 Å². The highest BCUT2D eigenvalue weighted by Gasteiger charge is 2.28. The van der Waals surface area contributed by atoms with E-state index in [0.29, 0.717) is 0 Å². The van der Waals surface area contributed by atoms with Crippen molar-refractivity contribution in [3.8, 4) is 11.8 Å². The lowest BCUT2D eigenvalue weighted by atomic mass is 10.0. The van der Waals surface area contributed by atoms with Crippen LogP contribution in [0.2, 0.25) is 0 Å². The number of Topliss-reactive ketones (excluding diaryl/α,β-unsaturated/α-hetero) is 1. The second-order valence-electron chi connectivity index (χ2n) is 4.18. The van der Waals surface area contributed by atoms with Gasteiger partial charge in [0.15, 0.2) is 5.92 Å². The number of carbonyl (C=O) groups excluding carboxylic acids is 2. The first kappa shape index (κ1) is 14.9. The molecule has 0 spiro atoms. The van der Waals surface area contributed by atoms with Gasteiger partial charge in [-0.2, -0.15) is 5.26 Å². The summed E-state index contributed by atoms with van der Waals surface area (Å²) in [6, 6.07) is 9.11. The molecule has 0 bridgehead atoms. The van der Waals surface area contributed by atoms with Crippen molar-refractivity contribution in [3.63, 3.8) is 0 Å². The van der Waals surface area contributed by atoms with E-state index in [1.165, 1.54) is 19.6 Å². The van der Waals surface area contributed by atoms with Crippen molar-refractivity contribution in [3.05, 3.63) is 47.0 Å². The molecule has 0 unspecified atom stereocenters. The van der Waals surface area contributed by atoms with Crippen LogP contribution in [0.15, 0.2) is 41.3 Å². The Kier molecular flexibility index (Phi) is 4.50. The van der Waals surface area contributed by atoms with Crippen molar-refractivity contribution in [2.75, 3.05) is 7.05 Å². The Morgan fingerprint density at radius 3 is 2.62 bits per heavy atom. The molecule has 0 saturated heterocycles. The van der Waals surface area contributed by atoms with Crippen LogP contribution in [-0.4, -0.2) is 28.3 Å². The topological polar surface area (TPSA) is 87.8 Å². The number of ketones is 1. The molecule has 2 aromatic rings. The van der Waals surface area contributed by atoms with Crippen molar-refractivity contribution in [2.24, 2.45) is 5.92 Å². The second-order valence-corrected chi connectivity index (χ2v) is 5.10. The number of nitrogens with one attached hydrogen (secondary N) is 1. The predicted octanol–water partition coefficient (Wildman–Crippen LogP) is 1.70. The van der Waals surface area contributed by atoms with E-state index in [2.05, 4.69) is 26.2 Å². The van der Waals surface area contributed by atoms with Gasteiger partial charge in [0.1, 0.15) is 12.0 Å². The van der Waals surface area contributed by atoms with Gasteiger partial charge in [0.05, 0.1) is 6.07 Å². The van der Waals surface area contributed by atoms with Crippen molar-refractivity contribution >= 4 is 27.6 Å². The second kappa shape index (κ2) is 6.33. The first-order valence-corrected chi connectivity index (χ1v) is 6.81. The normalized spacial score (nSPS) is 11.5. The van der Waals surface area contributed by atoms with E-state index >= 15 is 0 Å². The molecule has 1 aromatic heterocycles. The fraction of sp³-hybridized carbons (Fsp3) is 0.143. The van der Waals surface area contributed by atoms with Crippen molar-refractivity contribution in [2.45, 2.75) is 0 Å². The third kappa shape index (κ3) is 3.17. The number of benzene rings is 1. The van der Waals surface area contributed by atoms with Gasteiger partial charge in [-0.15, -0.1) is 0 Å². The lowest BCUT2D eigenvalue weighted by Crippen LogP contribution is -2.32. The van der Waals surface area contributed by atoms with Crippen molar-refractivity contribution < 1.29 is 9.59 Å². The third-order valence-corrected chi connectivity index (χ3v) is 3.39. The molecule has 0 aliphatic carbocycles. The SMILES string of the molecule is CNC(=O)[C@@H](C#N)C(=O)c1cn(-c2ccc(Br)cc2)cn1. The van der Waals surface area contributed by atoms with E-state index in [9.17, 15) is 9.59 Å². The lowest BCUT2D eigenvalue weighted by Gasteiger charge is -2.04. The van der Waals surface area contributed by atoms with Crippen molar-refractivity contribution in [1.82, 2.24) is 14.9 Å². The average molecular weight is 347 g/mol. The Balaban J connectivity index is 2.27. The molecule has 0 radical (unpaired) electrons. The van der Waals surface area contributed by atoms with E-state index in [-0.39, 0.29) is 5.69 Å². The molecular formula is C14H11BrN4O2. The Morgan fingerprint density at radius 2 is 2.05 bits per heavy atom. The quantitative estimate of drug-likeness (QED) is 0.674. The minimum Gasteiger partial charge on any atom is -0.358 e. The summed E-state index contributed by atoms with van der Waals surface area (Å²) in [5.41, 5.74) is 0.895. The fourth-order valence-electron chi connectivity index (χ4n) is 1.73. The summed E-state index contributed by atoms with van der Waals surface area (Å²) in [6.45, 7) is 0. The van der Waals surface area contributed by atoms with Crippen LogP contribution in [-0.2, 0) is 4.79 Å². The molecule has 1 amide bonds. The number of imidazole rings is 1. The zero-order valence-corrected chi connectivity index (χ0v) is 12.7. The highest BCUT2D eigenvalue weighted by molar-refractivity contribution is 9.10. The number of hydrogen-bond acceptors (Lipinski definition) is 4. The van der Waals surface area contributed by atoms with Gasteiger partial charge in [0, 0.05) is 23.4 Å². The number of rotatable bonds is 4. The van der Waals surface area contributed by atoms with E-state index in [0.717, 1.165) is 10.2 Å². The molecular weight excluding hydrogens is 336 g/mol. The maximum absolute atomic E-state index is 12.1. The van der Waals surface area contributed by atoms with Gasteiger partial charge < -0.3 is 9.88 Å². The van der Waals surface area contributed by atoms with Gasteiger partial charge in [-0.25, -0.2) is 4.98 Å². The van der Waals surface area contributed by atoms with E-state index in [1.807, 2.05) is 24.3 Å². The van der Waals surface area contributed by atoms with Crippen LogP contribution in [0.5, 0.6) is 0 Å². The van der Waals surface area contributed by atoms with Crippen molar-refractivity contribution in [1.29, 1.82) is 5.26 Å². The van der Waals surface area contributed by atoms with E-state index < -0.39 is 17.6 Å². The maximum atomic E-state index is 12.1. The Hall–Kier alpha value is -2.46. The number of carbonyl (C=O) groups is 2. The highest BCUT2D eigenvalue weighted by Crippen LogP contribution is 2.15. The first-order valence-electron chi connectivity index (χ1n) is 6.02. The van der Waals surface area contributed by atoms with Crippen LogP contribution in [0.25, 0.3) is 5.69 Å². The summed E-state index contributed by atoms with van der Waals surface area (Å²) in [7, 11) is 1.38. The van der Waals surface area contributed by atoms with Gasteiger partial charge in [0.2, 0.25) is 11.7 Å². The number of amides is 1. The third-order valence-electron chi connectivity index (χ3n) is 2.86. The maximum Gasteiger partial charge on any atom is 0.245 e. The largest absolute Gasteiger partial charge is 0.358 e. The van der Waals surface area contributed by atoms with Gasteiger partial charge in [-0.1, -0.05) is 15.9 Å². The average Bonchev–Trinajstić information content (AvgIpc) is 2.98. The smallest absolute Gasteiger partial charge is 0.245 e. The fourth-order valence-corrected chi connectivity index (χ4v) is 2.00. The molecule has 0 saturated carbocycles. The van der Waals surface area contributed by atoms with Crippen LogP contribution in [0.1, 0.15) is 10.5 Å². The summed E-state index contributed by atoms with van der Waals surface area (Å²) < 4.78 is 2.59. The molecule has 2 rings (SSSR count). The summed E-state index contributed by atoms with van der Waals surface area (Å²) in [4.78, 5) is 27.6. The zero-order chi connectivity index (χ0) is 15.4. The zero-order valence-electron chi connectivity index (χ0n) is 11.1. The number of nitriles is 1. The molecule has 6 nitrogen and oxygen atoms in total. The van der Waals surface area contributed by atoms with E-state index in [1.54, 1.807) is 10.6 Å². The molecule has 0 fully saturated rings. The van der Waals surface area contributed by atoms with Crippen LogP contribution in [0.3, 0.4) is 0 Å². The summed E-state index contributed by atoms with van der Waals surface area (Å²) >= 11 is 3.34. The lowest BCUT2D eigenvalue weighted by molar-refractivity contribution is -0.121. The Bertz CT molecular complexity index is 715. The van der Waals surface area contributed by atoms with E-state index in [4.69, 9.17) is 5.26 Å². The molecule has 0 aliphatic heterocycles. The first-order chi connectivity index (χ1) is 10.1. The standard InChI is InChI=1S/C14H11BrN4O2/c1-17-14(21)11(6-16)13(20)12-7-19(8-18-12)10-4-2-9(15)3-5-10/h2-5,7-8,11H,1H3,(H,17,21)/t11-/m0/s1. The molecule has 1 atom stereocenters. The van der Waals surface area contributed by atoms with Crippen LogP contribution >= 0.6 is 15.9 Å². The van der Waals surface area contributed by atoms with Gasteiger partial charge >= 0.3 is 0 Å². The summed E-state index contributed by atoms with van der Waals surface area (Å²) in [6.07, 6.45) is 2.97. The molecule has 0 aliphatic rings. The predicted molar refractivity (Wildman–Crippen MR) is 78.8 cm³/mol. The Labute approximate surface area is 129 Å². The summed E-state index contributed by atoms with van der Waals surface area (Å²) in [5, 5.41) is 11.2. The highest BCUT2D eigenvalue weighted by atomic mass is 79.9. The summed E-state index contributed by atoms with van der Waals surface area (Å²) in [5.74, 6) is -2.64. The number of hydrogen-bond donors (Lipinski definition) is 1. The monoisotopic (exact) mass is 346 g/mol. The van der Waals surface area contributed by atoms with Crippen LogP contribution in [0.4, 0.5) is 0 Å². The molecule has 106 valence electrons. The van der Waals surface area contributed by atoms with Gasteiger partial charge in [-0.05, 0) is 24.3 Å². The minimum absolute atomic E-state index is 0.0769. The molecule has 21 heavy (non-hydrogen) atoms. The number of halogens is 1. The van der Waals surface area contributed by atoms with Gasteiger partial charge in [-0.3, -0.25) is 9.59 Å². The number of nitrogens with zero attached hydrogens (tertiary/aromatic N) is 3. The minimum atomic E-state index is -1.39. The molecule has 1 heterocycles. The molecule has 1 aromatic carbocycles. The van der Waals surface area contributed by atoms with Crippen LogP contribution in [0, 0.1) is 17.2 Å². The number of aromatic nitrogens is 2. The molecule has 1 N–H and O–H groups in total. The Morgan fingerprint density at radius 1 is 1.38 bits per heavy atom. The van der Waals surface area contributed by atoms with Crippen LogP contribution < -0.4 is 5.32 Å². The molecule has 7 heteroatoms.